The Morgan fingerprint density at radius 2 is 2.10 bits per heavy atom. The zero-order valence-corrected chi connectivity index (χ0v) is 8.10. The summed E-state index contributed by atoms with van der Waals surface area (Å²) in [6.45, 7) is 5.68. The van der Waals surface area contributed by atoms with E-state index in [1.54, 1.807) is 6.92 Å². The van der Waals surface area contributed by atoms with Gasteiger partial charge in [0.05, 0.1) is 0 Å². The van der Waals surface area contributed by atoms with E-state index >= 15 is 0 Å². The van der Waals surface area contributed by atoms with E-state index in [0.717, 1.165) is 0 Å². The van der Waals surface area contributed by atoms with Crippen LogP contribution in [0, 0.1) is 5.92 Å². The molecule has 0 spiro atoms. The van der Waals surface area contributed by atoms with E-state index in [2.05, 4.69) is 15.9 Å². The molecule has 1 atom stereocenters. The monoisotopic (exact) mass is 208 g/mol. The first-order valence-corrected chi connectivity index (χ1v) is 4.08. The Kier molecular flexibility index (Phi) is 3.36. The molecule has 1 N–H and O–H groups in total. The van der Waals surface area contributed by atoms with Crippen LogP contribution in [-0.4, -0.2) is 15.4 Å². The van der Waals surface area contributed by atoms with Gasteiger partial charge in [-0.05, 0) is 19.3 Å². The van der Waals surface area contributed by atoms with E-state index in [1.807, 2.05) is 13.8 Å². The van der Waals surface area contributed by atoms with Crippen molar-refractivity contribution in [2.45, 2.75) is 31.5 Å². The first-order chi connectivity index (χ1) is 4.36. The van der Waals surface area contributed by atoms with Gasteiger partial charge in [-0.25, -0.2) is 0 Å². The number of alkyl halides is 1. The molecule has 0 bridgehead atoms. The molecular formula is C7H13BrO2. The van der Waals surface area contributed by atoms with E-state index < -0.39 is 10.3 Å². The van der Waals surface area contributed by atoms with E-state index in [-0.39, 0.29) is 0 Å². The Morgan fingerprint density at radius 3 is 2.20 bits per heavy atom. The third kappa shape index (κ3) is 3.20. The van der Waals surface area contributed by atoms with E-state index in [0.29, 0.717) is 12.3 Å². The Labute approximate surface area is 69.8 Å². The highest BCUT2D eigenvalue weighted by Crippen LogP contribution is 2.25. The van der Waals surface area contributed by atoms with Crippen LogP contribution in [0.5, 0.6) is 0 Å². The lowest BCUT2D eigenvalue weighted by atomic mass is 9.99. The average molecular weight is 209 g/mol. The summed E-state index contributed by atoms with van der Waals surface area (Å²) in [4.78, 5) is 10.5. The van der Waals surface area contributed by atoms with Crippen molar-refractivity contribution in [3.05, 3.63) is 0 Å². The van der Waals surface area contributed by atoms with Crippen molar-refractivity contribution < 1.29 is 9.90 Å². The molecule has 0 rings (SSSR count). The molecule has 10 heavy (non-hydrogen) atoms. The molecule has 0 aliphatic rings. The summed E-state index contributed by atoms with van der Waals surface area (Å²) in [5.74, 6) is -0.387. The standard InChI is InChI=1S/C7H13BrO2/c1-5(2)4-7(3,8)6(9)10/h5H,4H2,1-3H3,(H,9,10)/t7-/m0/s1. The number of carbonyl (C=O) groups is 1. The lowest BCUT2D eigenvalue weighted by Gasteiger charge is -2.18. The number of carboxylic acid groups (broad SMARTS) is 1. The van der Waals surface area contributed by atoms with Crippen molar-refractivity contribution in [2.24, 2.45) is 5.92 Å². The highest BCUT2D eigenvalue weighted by atomic mass is 79.9. The highest BCUT2D eigenvalue weighted by Gasteiger charge is 2.29. The summed E-state index contributed by atoms with van der Waals surface area (Å²) >= 11 is 3.15. The maximum atomic E-state index is 10.5. The Balaban J connectivity index is 4.00. The van der Waals surface area contributed by atoms with E-state index in [4.69, 9.17) is 5.11 Å². The molecule has 0 radical (unpaired) electrons. The second kappa shape index (κ2) is 3.37. The van der Waals surface area contributed by atoms with Gasteiger partial charge in [-0.3, -0.25) is 4.79 Å². The number of hydrogen-bond acceptors (Lipinski definition) is 1. The van der Waals surface area contributed by atoms with Crippen molar-refractivity contribution in [3.63, 3.8) is 0 Å². The summed E-state index contributed by atoms with van der Waals surface area (Å²) in [5.41, 5.74) is 0. The van der Waals surface area contributed by atoms with Crippen LogP contribution in [0.25, 0.3) is 0 Å². The van der Waals surface area contributed by atoms with Crippen LogP contribution in [-0.2, 0) is 4.79 Å². The third-order valence-electron chi connectivity index (χ3n) is 1.24. The van der Waals surface area contributed by atoms with Crippen LogP contribution in [0.1, 0.15) is 27.2 Å². The molecule has 0 aliphatic carbocycles. The summed E-state index contributed by atoms with van der Waals surface area (Å²) < 4.78 is -0.749. The maximum Gasteiger partial charge on any atom is 0.320 e. The molecule has 2 nitrogen and oxygen atoms in total. The van der Waals surface area contributed by atoms with Crippen molar-refractivity contribution in [1.82, 2.24) is 0 Å². The van der Waals surface area contributed by atoms with Crippen LogP contribution in [0.3, 0.4) is 0 Å². The second-order valence-corrected chi connectivity index (χ2v) is 4.85. The van der Waals surface area contributed by atoms with E-state index in [1.165, 1.54) is 0 Å². The van der Waals surface area contributed by atoms with Gasteiger partial charge in [0.15, 0.2) is 0 Å². The SMILES string of the molecule is CC(C)C[C@](C)(Br)C(=O)O. The van der Waals surface area contributed by atoms with Gasteiger partial charge in [0.1, 0.15) is 4.32 Å². The van der Waals surface area contributed by atoms with Crippen LogP contribution in [0.15, 0.2) is 0 Å². The molecule has 0 saturated heterocycles. The molecule has 0 saturated carbocycles. The zero-order chi connectivity index (χ0) is 8.36. The lowest BCUT2D eigenvalue weighted by Crippen LogP contribution is -2.29. The van der Waals surface area contributed by atoms with Crippen molar-refractivity contribution >= 4 is 21.9 Å². The van der Waals surface area contributed by atoms with E-state index in [9.17, 15) is 4.79 Å². The minimum absolute atomic E-state index is 0.403. The fourth-order valence-electron chi connectivity index (χ4n) is 0.854. The lowest BCUT2D eigenvalue weighted by molar-refractivity contribution is -0.139. The first-order valence-electron chi connectivity index (χ1n) is 3.28. The fourth-order valence-corrected chi connectivity index (χ4v) is 1.50. The molecule has 0 aromatic carbocycles. The van der Waals surface area contributed by atoms with Crippen LogP contribution >= 0.6 is 15.9 Å². The fraction of sp³-hybridized carbons (Fsp3) is 0.857. The van der Waals surface area contributed by atoms with Gasteiger partial charge in [0.25, 0.3) is 0 Å². The molecule has 3 heteroatoms. The number of halogens is 1. The van der Waals surface area contributed by atoms with Gasteiger partial charge in [-0.15, -0.1) is 0 Å². The Hall–Kier alpha value is -0.0500. The Bertz CT molecular complexity index is 130. The molecule has 60 valence electrons. The number of aliphatic carboxylic acids is 1. The number of carboxylic acids is 1. The molecular weight excluding hydrogens is 196 g/mol. The summed E-state index contributed by atoms with van der Waals surface area (Å²) in [6, 6.07) is 0. The Morgan fingerprint density at radius 1 is 1.70 bits per heavy atom. The smallest absolute Gasteiger partial charge is 0.320 e. The van der Waals surface area contributed by atoms with Crippen LogP contribution < -0.4 is 0 Å². The minimum atomic E-state index is -0.791. The second-order valence-electron chi connectivity index (χ2n) is 3.10. The highest BCUT2D eigenvalue weighted by molar-refractivity contribution is 9.10. The predicted octanol–water partition coefficient (Wildman–Crippen LogP) is 2.27. The van der Waals surface area contributed by atoms with Crippen molar-refractivity contribution in [1.29, 1.82) is 0 Å². The van der Waals surface area contributed by atoms with Crippen LogP contribution in [0.4, 0.5) is 0 Å². The number of rotatable bonds is 3. The van der Waals surface area contributed by atoms with Gasteiger partial charge in [0.2, 0.25) is 0 Å². The molecule has 0 aromatic rings. The van der Waals surface area contributed by atoms with Crippen molar-refractivity contribution in [3.8, 4) is 0 Å². The maximum absolute atomic E-state index is 10.5. The van der Waals surface area contributed by atoms with Crippen molar-refractivity contribution in [2.75, 3.05) is 0 Å². The van der Waals surface area contributed by atoms with Gasteiger partial charge < -0.3 is 5.11 Å². The largest absolute Gasteiger partial charge is 0.480 e. The minimum Gasteiger partial charge on any atom is -0.480 e. The zero-order valence-electron chi connectivity index (χ0n) is 6.52. The van der Waals surface area contributed by atoms with Gasteiger partial charge in [-0.2, -0.15) is 0 Å². The van der Waals surface area contributed by atoms with Gasteiger partial charge >= 0.3 is 5.97 Å². The first kappa shape index (κ1) is 9.95. The molecule has 0 aromatic heterocycles. The molecule has 0 heterocycles. The topological polar surface area (TPSA) is 37.3 Å². The summed E-state index contributed by atoms with van der Waals surface area (Å²) in [6.07, 6.45) is 0.655. The quantitative estimate of drug-likeness (QED) is 0.724. The molecule has 0 amide bonds. The van der Waals surface area contributed by atoms with Gasteiger partial charge in [0, 0.05) is 0 Å². The predicted molar refractivity (Wildman–Crippen MR) is 44.4 cm³/mol. The third-order valence-corrected chi connectivity index (χ3v) is 1.90. The average Bonchev–Trinajstić information content (AvgIpc) is 1.60. The molecule has 0 unspecified atom stereocenters. The normalized spacial score (nSPS) is 16.9. The van der Waals surface area contributed by atoms with Crippen LogP contribution in [0.2, 0.25) is 0 Å². The summed E-state index contributed by atoms with van der Waals surface area (Å²) in [7, 11) is 0. The van der Waals surface area contributed by atoms with Gasteiger partial charge in [-0.1, -0.05) is 29.8 Å². The number of hydrogen-bond donors (Lipinski definition) is 1. The summed E-state index contributed by atoms with van der Waals surface area (Å²) in [5, 5.41) is 8.64. The molecule has 0 fully saturated rings. The molecule has 0 aliphatic heterocycles.